The van der Waals surface area contributed by atoms with Crippen LogP contribution in [-0.2, 0) is 0 Å². The Kier molecular flexibility index (Phi) is 3.40. The summed E-state index contributed by atoms with van der Waals surface area (Å²) in [4.78, 5) is 13.7. The van der Waals surface area contributed by atoms with Gasteiger partial charge in [-0.2, -0.15) is 0 Å². The monoisotopic (exact) mass is 192 g/mol. The van der Waals surface area contributed by atoms with Gasteiger partial charge in [-0.15, -0.1) is 10.2 Å². The molecule has 1 aromatic rings. The van der Waals surface area contributed by atoms with Crippen molar-refractivity contribution in [3.05, 3.63) is 28.3 Å². The van der Waals surface area contributed by atoms with Crippen molar-refractivity contribution in [1.82, 2.24) is 15.5 Å². The van der Waals surface area contributed by atoms with Crippen LogP contribution in [0, 0.1) is 0 Å². The summed E-state index contributed by atoms with van der Waals surface area (Å²) in [6.45, 7) is 2.33. The zero-order valence-corrected chi connectivity index (χ0v) is 7.51. The molecule has 0 unspecified atom stereocenters. The molecule has 1 N–H and O–H groups in total. The molecule has 0 aliphatic rings. The minimum absolute atomic E-state index is 0.139. The first kappa shape index (κ1) is 9.94. The van der Waals surface area contributed by atoms with Crippen LogP contribution in [0.5, 0.6) is 0 Å². The van der Waals surface area contributed by atoms with Gasteiger partial charge < -0.3 is 5.32 Å². The van der Waals surface area contributed by atoms with Gasteiger partial charge >= 0.3 is 0 Å². The predicted octanol–water partition coefficient (Wildman–Crippen LogP) is 1.17. The normalized spacial score (nSPS) is 8.93. The highest BCUT2D eigenvalue weighted by Crippen LogP contribution is 2.05. The fraction of sp³-hybridized carbons (Fsp3) is 0.286. The maximum absolute atomic E-state index is 11.2. The van der Waals surface area contributed by atoms with Gasteiger partial charge in [0.15, 0.2) is 5.69 Å². The molecule has 0 aliphatic carbocycles. The molecular formula is C7H8N6O. The number of nitrogens with zero attached hydrogens (tertiary/aromatic N) is 5. The average Bonchev–Trinajstić information content (AvgIpc) is 2.20. The van der Waals surface area contributed by atoms with Crippen molar-refractivity contribution in [3.8, 4) is 0 Å². The topological polar surface area (TPSA) is 104 Å². The molecule has 0 spiro atoms. The molecule has 1 heterocycles. The summed E-state index contributed by atoms with van der Waals surface area (Å²) >= 11 is 0. The number of azide groups is 1. The lowest BCUT2D eigenvalue weighted by atomic mass is 10.3. The van der Waals surface area contributed by atoms with Gasteiger partial charge in [0.1, 0.15) is 5.82 Å². The lowest BCUT2D eigenvalue weighted by molar-refractivity contribution is 0.0950. The lowest BCUT2D eigenvalue weighted by Crippen LogP contribution is -2.23. The van der Waals surface area contributed by atoms with E-state index in [1.54, 1.807) is 6.92 Å². The highest BCUT2D eigenvalue weighted by Gasteiger charge is 2.05. The Hall–Kier alpha value is -2.14. The van der Waals surface area contributed by atoms with Gasteiger partial charge in [0, 0.05) is 11.5 Å². The number of carbonyl (C=O) groups excluding carboxylic acids is 1. The maximum Gasteiger partial charge on any atom is 0.271 e. The molecule has 0 saturated carbocycles. The first-order chi connectivity index (χ1) is 6.77. The molecule has 72 valence electrons. The van der Waals surface area contributed by atoms with Crippen LogP contribution in [0.15, 0.2) is 17.2 Å². The fourth-order valence-corrected chi connectivity index (χ4v) is 0.797. The number of nitrogens with one attached hydrogen (secondary N) is 1. The molecule has 7 heteroatoms. The molecule has 0 radical (unpaired) electrons. The molecule has 0 aliphatic heterocycles. The summed E-state index contributed by atoms with van der Waals surface area (Å²) in [6.07, 6.45) is 0. The van der Waals surface area contributed by atoms with Crippen molar-refractivity contribution in [1.29, 1.82) is 0 Å². The number of rotatable bonds is 3. The molecule has 0 atom stereocenters. The number of amides is 1. The Morgan fingerprint density at radius 3 is 2.93 bits per heavy atom. The highest BCUT2D eigenvalue weighted by molar-refractivity contribution is 5.92. The molecule has 0 bridgehead atoms. The van der Waals surface area contributed by atoms with E-state index in [1.807, 2.05) is 0 Å². The molecule has 1 amide bonds. The van der Waals surface area contributed by atoms with Crippen LogP contribution in [0.1, 0.15) is 17.4 Å². The third-order valence-corrected chi connectivity index (χ3v) is 1.37. The van der Waals surface area contributed by atoms with Crippen molar-refractivity contribution in [3.63, 3.8) is 0 Å². The standard InChI is InChI=1S/C7H8N6O/c1-2-9-7(14)5-3-4-6(11-10-5)12-13-8/h3-4H,2H2,1H3,(H,9,14). The molecule has 0 aromatic carbocycles. The SMILES string of the molecule is CCNC(=O)c1ccc(N=[N+]=[N-])nn1. The first-order valence-electron chi connectivity index (χ1n) is 3.95. The third-order valence-electron chi connectivity index (χ3n) is 1.37. The van der Waals surface area contributed by atoms with E-state index in [0.29, 0.717) is 6.54 Å². The maximum atomic E-state index is 11.2. The first-order valence-corrected chi connectivity index (χ1v) is 3.95. The second-order valence-corrected chi connectivity index (χ2v) is 2.33. The molecule has 14 heavy (non-hydrogen) atoms. The molecule has 1 rings (SSSR count). The van der Waals surface area contributed by atoms with E-state index in [0.717, 1.165) is 0 Å². The summed E-state index contributed by atoms with van der Waals surface area (Å²) in [7, 11) is 0. The minimum atomic E-state index is -0.299. The van der Waals surface area contributed by atoms with Gasteiger partial charge in [0.05, 0.1) is 0 Å². The Morgan fingerprint density at radius 1 is 1.64 bits per heavy atom. The van der Waals surface area contributed by atoms with Gasteiger partial charge in [0.2, 0.25) is 0 Å². The van der Waals surface area contributed by atoms with Crippen LogP contribution in [-0.4, -0.2) is 22.6 Å². The van der Waals surface area contributed by atoms with E-state index >= 15 is 0 Å². The average molecular weight is 192 g/mol. The molecule has 0 saturated heterocycles. The molecule has 0 fully saturated rings. The van der Waals surface area contributed by atoms with Crippen LogP contribution >= 0.6 is 0 Å². The summed E-state index contributed by atoms with van der Waals surface area (Å²) in [5, 5.41) is 12.9. The van der Waals surface area contributed by atoms with Crippen molar-refractivity contribution in [2.24, 2.45) is 5.11 Å². The Labute approximate surface area is 79.8 Å². The van der Waals surface area contributed by atoms with Gasteiger partial charge in [-0.25, -0.2) is 0 Å². The zero-order valence-electron chi connectivity index (χ0n) is 7.51. The quantitative estimate of drug-likeness (QED) is 0.441. The van der Waals surface area contributed by atoms with Gasteiger partial charge in [0.25, 0.3) is 5.91 Å². The van der Waals surface area contributed by atoms with Crippen molar-refractivity contribution < 1.29 is 4.79 Å². The predicted molar refractivity (Wildman–Crippen MR) is 48.8 cm³/mol. The lowest BCUT2D eigenvalue weighted by Gasteiger charge is -1.99. The summed E-state index contributed by atoms with van der Waals surface area (Å²) in [6, 6.07) is 2.87. The van der Waals surface area contributed by atoms with Crippen LogP contribution in [0.2, 0.25) is 0 Å². The number of carbonyl (C=O) groups is 1. The number of hydrogen-bond donors (Lipinski definition) is 1. The molecule has 1 aromatic heterocycles. The Balaban J connectivity index is 2.82. The molecule has 7 nitrogen and oxygen atoms in total. The molecular weight excluding hydrogens is 184 g/mol. The second kappa shape index (κ2) is 4.78. The zero-order chi connectivity index (χ0) is 10.4. The highest BCUT2D eigenvalue weighted by atomic mass is 16.1. The summed E-state index contributed by atoms with van der Waals surface area (Å²) in [5.74, 6) is -0.159. The van der Waals surface area contributed by atoms with E-state index in [1.165, 1.54) is 12.1 Å². The summed E-state index contributed by atoms with van der Waals surface area (Å²) in [5.41, 5.74) is 8.29. The summed E-state index contributed by atoms with van der Waals surface area (Å²) < 4.78 is 0. The van der Waals surface area contributed by atoms with E-state index in [9.17, 15) is 4.79 Å². The number of hydrogen-bond acceptors (Lipinski definition) is 4. The van der Waals surface area contributed by atoms with Gasteiger partial charge in [-0.1, -0.05) is 0 Å². The smallest absolute Gasteiger partial charge is 0.271 e. The van der Waals surface area contributed by atoms with Crippen LogP contribution in [0.3, 0.4) is 0 Å². The van der Waals surface area contributed by atoms with Crippen LogP contribution in [0.25, 0.3) is 10.4 Å². The minimum Gasteiger partial charge on any atom is -0.351 e. The van der Waals surface area contributed by atoms with E-state index < -0.39 is 0 Å². The Morgan fingerprint density at radius 2 is 2.43 bits per heavy atom. The van der Waals surface area contributed by atoms with Crippen molar-refractivity contribution >= 4 is 11.7 Å². The van der Waals surface area contributed by atoms with E-state index in [2.05, 4.69) is 25.5 Å². The van der Waals surface area contributed by atoms with Crippen LogP contribution in [0.4, 0.5) is 5.82 Å². The Bertz CT molecular complexity index is 366. The number of aromatic nitrogens is 2. The van der Waals surface area contributed by atoms with Crippen molar-refractivity contribution in [2.45, 2.75) is 6.92 Å². The van der Waals surface area contributed by atoms with Crippen LogP contribution < -0.4 is 5.32 Å². The third kappa shape index (κ3) is 2.43. The van der Waals surface area contributed by atoms with E-state index in [-0.39, 0.29) is 17.4 Å². The van der Waals surface area contributed by atoms with Gasteiger partial charge in [-0.3, -0.25) is 4.79 Å². The second-order valence-electron chi connectivity index (χ2n) is 2.33. The van der Waals surface area contributed by atoms with Crippen molar-refractivity contribution in [2.75, 3.05) is 6.54 Å². The van der Waals surface area contributed by atoms with Gasteiger partial charge in [-0.05, 0) is 29.7 Å². The largest absolute Gasteiger partial charge is 0.351 e. The van der Waals surface area contributed by atoms with E-state index in [4.69, 9.17) is 5.53 Å². The fourth-order valence-electron chi connectivity index (χ4n) is 0.797.